The molecule has 72 valence electrons. The second-order valence-electron chi connectivity index (χ2n) is 3.23. The molecule has 2 nitrogen and oxygen atoms in total. The zero-order chi connectivity index (χ0) is 7.90. The Hall–Kier alpha value is 0.0700. The summed E-state index contributed by atoms with van der Waals surface area (Å²) < 4.78 is 30.6. The minimum Gasteiger partial charge on any atom is -0.375 e. The smallest absolute Gasteiger partial charge is 0.252 e. The quantitative estimate of drug-likeness (QED) is 0.633. The summed E-state index contributed by atoms with van der Waals surface area (Å²) >= 11 is 0. The fraction of sp³-hybridized carbons (Fsp3) is 1.00. The van der Waals surface area contributed by atoms with Crippen LogP contribution in [-0.4, -0.2) is 31.2 Å². The van der Waals surface area contributed by atoms with Gasteiger partial charge in [0.1, 0.15) is 0 Å². The molecule has 1 aliphatic heterocycles. The topological polar surface area (TPSA) is 21.3 Å². The summed E-state index contributed by atoms with van der Waals surface area (Å²) in [5.41, 5.74) is 0. The van der Waals surface area contributed by atoms with Crippen molar-refractivity contribution in [2.45, 2.75) is 30.9 Å². The molecule has 0 radical (unpaired) electrons. The summed E-state index contributed by atoms with van der Waals surface area (Å²) in [6, 6.07) is -0.112. The Bertz CT molecular complexity index is 151. The monoisotopic (exact) mass is 199 g/mol. The molecule has 1 heterocycles. The average molecular weight is 200 g/mol. The van der Waals surface area contributed by atoms with Gasteiger partial charge in [-0.3, -0.25) is 0 Å². The van der Waals surface area contributed by atoms with E-state index in [1.807, 2.05) is 0 Å². The molecule has 1 N–H and O–H groups in total. The van der Waals surface area contributed by atoms with E-state index in [-0.39, 0.29) is 37.4 Å². The largest absolute Gasteiger partial charge is 0.375 e. The van der Waals surface area contributed by atoms with Crippen molar-refractivity contribution in [2.24, 2.45) is 0 Å². The van der Waals surface area contributed by atoms with Crippen LogP contribution in [0.25, 0.3) is 0 Å². The van der Waals surface area contributed by atoms with Crippen molar-refractivity contribution in [2.75, 3.05) is 13.2 Å². The first-order valence-corrected chi connectivity index (χ1v) is 3.90. The molecule has 12 heavy (non-hydrogen) atoms. The molecule has 2 rings (SSSR count). The SMILES string of the molecule is Cl.FC1(F)C[C@H]2NCCO[C@@H]2C1. The molecular weight excluding hydrogens is 188 g/mol. The van der Waals surface area contributed by atoms with Crippen LogP contribution < -0.4 is 5.32 Å². The first-order chi connectivity index (χ1) is 5.17. The summed E-state index contributed by atoms with van der Waals surface area (Å²) in [4.78, 5) is 0. The van der Waals surface area contributed by atoms with E-state index in [9.17, 15) is 8.78 Å². The number of ether oxygens (including phenoxy) is 1. The molecule has 1 saturated carbocycles. The molecule has 1 aliphatic carbocycles. The zero-order valence-electron chi connectivity index (χ0n) is 6.56. The lowest BCUT2D eigenvalue weighted by Crippen LogP contribution is -2.44. The number of morpholine rings is 1. The highest BCUT2D eigenvalue weighted by atomic mass is 35.5. The van der Waals surface area contributed by atoms with E-state index in [0.29, 0.717) is 13.2 Å². The van der Waals surface area contributed by atoms with Crippen LogP contribution >= 0.6 is 12.4 Å². The minimum atomic E-state index is -2.51. The number of halogens is 3. The van der Waals surface area contributed by atoms with Crippen molar-refractivity contribution < 1.29 is 13.5 Å². The summed E-state index contributed by atoms with van der Waals surface area (Å²) in [5, 5.41) is 3.03. The van der Waals surface area contributed by atoms with Crippen molar-refractivity contribution in [3.05, 3.63) is 0 Å². The first-order valence-electron chi connectivity index (χ1n) is 3.90. The number of rotatable bonds is 0. The first kappa shape index (κ1) is 10.2. The molecule has 2 fully saturated rings. The minimum absolute atomic E-state index is 0. The fourth-order valence-electron chi connectivity index (χ4n) is 1.81. The van der Waals surface area contributed by atoms with E-state index >= 15 is 0 Å². The Labute approximate surface area is 76.1 Å². The van der Waals surface area contributed by atoms with Crippen LogP contribution in [0.3, 0.4) is 0 Å². The van der Waals surface area contributed by atoms with Gasteiger partial charge in [0.15, 0.2) is 0 Å². The third-order valence-electron chi connectivity index (χ3n) is 2.31. The van der Waals surface area contributed by atoms with Crippen LogP contribution in [0.2, 0.25) is 0 Å². The Balaban J connectivity index is 0.000000720. The predicted octanol–water partition coefficient (Wildman–Crippen LogP) is 1.19. The normalized spacial score (nSPS) is 38.5. The number of nitrogens with one attached hydrogen (secondary N) is 1. The Morgan fingerprint density at radius 1 is 1.33 bits per heavy atom. The van der Waals surface area contributed by atoms with Gasteiger partial charge in [-0.2, -0.15) is 0 Å². The van der Waals surface area contributed by atoms with E-state index in [2.05, 4.69) is 5.32 Å². The Kier molecular flexibility index (Phi) is 2.91. The molecule has 0 unspecified atom stereocenters. The lowest BCUT2D eigenvalue weighted by atomic mass is 10.2. The highest BCUT2D eigenvalue weighted by Gasteiger charge is 2.47. The summed E-state index contributed by atoms with van der Waals surface area (Å²) in [7, 11) is 0. The number of fused-ring (bicyclic) bond motifs is 1. The van der Waals surface area contributed by atoms with Gasteiger partial charge < -0.3 is 10.1 Å². The molecule has 0 aromatic rings. The molecule has 0 bridgehead atoms. The third kappa shape index (κ3) is 1.87. The molecule has 0 aromatic heterocycles. The molecule has 2 atom stereocenters. The Morgan fingerprint density at radius 3 is 2.75 bits per heavy atom. The molecule has 0 spiro atoms. The lowest BCUT2D eigenvalue weighted by Gasteiger charge is -2.25. The lowest BCUT2D eigenvalue weighted by molar-refractivity contribution is -0.0234. The summed E-state index contributed by atoms with van der Waals surface area (Å²) in [5.74, 6) is -2.51. The third-order valence-corrected chi connectivity index (χ3v) is 2.31. The summed E-state index contributed by atoms with van der Waals surface area (Å²) in [6.07, 6.45) is -0.416. The van der Waals surface area contributed by atoms with Gasteiger partial charge in [-0.25, -0.2) is 8.78 Å². The molecule has 2 aliphatic rings. The van der Waals surface area contributed by atoms with Gasteiger partial charge in [0.05, 0.1) is 12.7 Å². The van der Waals surface area contributed by atoms with Crippen molar-refractivity contribution in [1.29, 1.82) is 0 Å². The molecule has 0 amide bonds. The van der Waals surface area contributed by atoms with E-state index in [0.717, 1.165) is 0 Å². The molecular formula is C7H12ClF2NO. The van der Waals surface area contributed by atoms with Crippen molar-refractivity contribution >= 4 is 12.4 Å². The van der Waals surface area contributed by atoms with Crippen LogP contribution in [0.1, 0.15) is 12.8 Å². The number of alkyl halides is 2. The van der Waals surface area contributed by atoms with E-state index in [4.69, 9.17) is 4.74 Å². The van der Waals surface area contributed by atoms with E-state index in [1.165, 1.54) is 0 Å². The molecule has 0 aromatic carbocycles. The van der Waals surface area contributed by atoms with Gasteiger partial charge in [-0.1, -0.05) is 0 Å². The maximum Gasteiger partial charge on any atom is 0.252 e. The van der Waals surface area contributed by atoms with Crippen LogP contribution in [-0.2, 0) is 4.74 Å². The maximum atomic E-state index is 12.7. The van der Waals surface area contributed by atoms with Crippen LogP contribution in [0.5, 0.6) is 0 Å². The van der Waals surface area contributed by atoms with Gasteiger partial charge in [0.2, 0.25) is 0 Å². The highest BCUT2D eigenvalue weighted by molar-refractivity contribution is 5.85. The van der Waals surface area contributed by atoms with Gasteiger partial charge in [-0.05, 0) is 0 Å². The van der Waals surface area contributed by atoms with Crippen LogP contribution in [0.4, 0.5) is 8.78 Å². The zero-order valence-corrected chi connectivity index (χ0v) is 7.37. The van der Waals surface area contributed by atoms with Crippen LogP contribution in [0.15, 0.2) is 0 Å². The molecule has 1 saturated heterocycles. The van der Waals surface area contributed by atoms with Crippen molar-refractivity contribution in [3.63, 3.8) is 0 Å². The average Bonchev–Trinajstić information content (AvgIpc) is 2.21. The van der Waals surface area contributed by atoms with Gasteiger partial charge >= 0.3 is 0 Å². The van der Waals surface area contributed by atoms with Crippen molar-refractivity contribution in [1.82, 2.24) is 5.32 Å². The maximum absolute atomic E-state index is 12.7. The van der Waals surface area contributed by atoms with Gasteiger partial charge in [0.25, 0.3) is 5.92 Å². The molecule has 5 heteroatoms. The highest BCUT2D eigenvalue weighted by Crippen LogP contribution is 2.37. The number of hydrogen-bond donors (Lipinski definition) is 1. The predicted molar refractivity (Wildman–Crippen MR) is 43.0 cm³/mol. The standard InChI is InChI=1S/C7H11F2NO.ClH/c8-7(9)3-5-6(4-7)11-2-1-10-5;/h5-6,10H,1-4H2;1H/t5-,6-;/m1./s1. The number of hydrogen-bond acceptors (Lipinski definition) is 2. The second-order valence-corrected chi connectivity index (χ2v) is 3.23. The van der Waals surface area contributed by atoms with E-state index < -0.39 is 5.92 Å². The fourth-order valence-corrected chi connectivity index (χ4v) is 1.81. The van der Waals surface area contributed by atoms with E-state index in [1.54, 1.807) is 0 Å². The van der Waals surface area contributed by atoms with Gasteiger partial charge in [-0.15, -0.1) is 12.4 Å². The van der Waals surface area contributed by atoms with Gasteiger partial charge in [0, 0.05) is 25.4 Å². The Morgan fingerprint density at radius 2 is 2.08 bits per heavy atom. The second kappa shape index (κ2) is 3.44. The van der Waals surface area contributed by atoms with Crippen molar-refractivity contribution in [3.8, 4) is 0 Å². The summed E-state index contributed by atoms with van der Waals surface area (Å²) in [6.45, 7) is 1.27. The van der Waals surface area contributed by atoms with Crippen LogP contribution in [0, 0.1) is 0 Å².